The van der Waals surface area contributed by atoms with E-state index in [0.717, 1.165) is 35.3 Å². The van der Waals surface area contributed by atoms with Crippen molar-refractivity contribution in [2.75, 3.05) is 6.61 Å². The van der Waals surface area contributed by atoms with Gasteiger partial charge in [-0.15, -0.1) is 11.3 Å². The number of hydrogen-bond donors (Lipinski definition) is 1. The van der Waals surface area contributed by atoms with Gasteiger partial charge in [0.1, 0.15) is 0 Å². The number of carbonyl (C=O) groups excluding carboxylic acids is 2. The minimum Gasteiger partial charge on any atom is -0.373 e. The number of fused-ring (bicyclic) bond motifs is 1. The Labute approximate surface area is 144 Å². The zero-order valence-corrected chi connectivity index (χ0v) is 14.0. The van der Waals surface area contributed by atoms with Gasteiger partial charge in [-0.25, -0.2) is 0 Å². The minimum atomic E-state index is -0.0809. The molecule has 6 heteroatoms. The summed E-state index contributed by atoms with van der Waals surface area (Å²) in [6.45, 7) is 0.622. The number of nitrogens with zero attached hydrogens (tertiary/aromatic N) is 1. The second-order valence-corrected chi connectivity index (χ2v) is 7.34. The van der Waals surface area contributed by atoms with E-state index in [-0.39, 0.29) is 23.8 Å². The fourth-order valence-electron chi connectivity index (χ4n) is 3.32. The van der Waals surface area contributed by atoms with E-state index in [4.69, 9.17) is 4.74 Å². The predicted molar refractivity (Wildman–Crippen MR) is 90.4 cm³/mol. The van der Waals surface area contributed by atoms with Gasteiger partial charge in [-0.2, -0.15) is 0 Å². The van der Waals surface area contributed by atoms with Gasteiger partial charge < -0.3 is 10.1 Å². The summed E-state index contributed by atoms with van der Waals surface area (Å²) in [4.78, 5) is 30.0. The number of amides is 1. The molecule has 2 aromatic rings. The van der Waals surface area contributed by atoms with Crippen LogP contribution in [0.25, 0.3) is 0 Å². The molecular formula is C18H18N2O3S. The van der Waals surface area contributed by atoms with E-state index < -0.39 is 0 Å². The van der Waals surface area contributed by atoms with Crippen LogP contribution in [-0.2, 0) is 11.2 Å². The Hall–Kier alpha value is -2.05. The molecule has 0 saturated carbocycles. The first-order valence-electron chi connectivity index (χ1n) is 8.19. The van der Waals surface area contributed by atoms with E-state index in [2.05, 4.69) is 10.3 Å². The minimum absolute atomic E-state index is 0.0121. The summed E-state index contributed by atoms with van der Waals surface area (Å²) >= 11 is 1.45. The third kappa shape index (κ3) is 2.99. The van der Waals surface area contributed by atoms with Gasteiger partial charge in [0.2, 0.25) is 0 Å². The van der Waals surface area contributed by atoms with E-state index in [9.17, 15) is 9.59 Å². The molecule has 3 heterocycles. The van der Waals surface area contributed by atoms with Gasteiger partial charge in [0, 0.05) is 41.9 Å². The van der Waals surface area contributed by atoms with Crippen LogP contribution >= 0.6 is 11.3 Å². The van der Waals surface area contributed by atoms with Crippen molar-refractivity contribution in [1.29, 1.82) is 0 Å². The molecule has 1 fully saturated rings. The maximum absolute atomic E-state index is 12.5. The van der Waals surface area contributed by atoms with Crippen LogP contribution < -0.4 is 5.32 Å². The summed E-state index contributed by atoms with van der Waals surface area (Å²) in [5, 5.41) is 3.10. The van der Waals surface area contributed by atoms with Gasteiger partial charge in [-0.1, -0.05) is 0 Å². The molecule has 1 amide bonds. The Morgan fingerprint density at radius 2 is 2.12 bits per heavy atom. The molecule has 5 nitrogen and oxygen atoms in total. The summed E-state index contributed by atoms with van der Waals surface area (Å²) in [5.41, 5.74) is 1.83. The number of thiophene rings is 1. The third-order valence-corrected chi connectivity index (χ3v) is 5.80. The quantitative estimate of drug-likeness (QED) is 0.931. The van der Waals surface area contributed by atoms with Crippen LogP contribution in [0.5, 0.6) is 0 Å². The molecule has 1 saturated heterocycles. The second kappa shape index (κ2) is 6.45. The van der Waals surface area contributed by atoms with Gasteiger partial charge in [-0.05, 0) is 43.0 Å². The largest absolute Gasteiger partial charge is 0.373 e. The van der Waals surface area contributed by atoms with Crippen LogP contribution in [0.2, 0.25) is 0 Å². The molecule has 24 heavy (non-hydrogen) atoms. The zero-order chi connectivity index (χ0) is 16.5. The van der Waals surface area contributed by atoms with Gasteiger partial charge in [0.25, 0.3) is 5.91 Å². The van der Waals surface area contributed by atoms with E-state index in [1.165, 1.54) is 11.3 Å². The van der Waals surface area contributed by atoms with Gasteiger partial charge in [-0.3, -0.25) is 14.6 Å². The summed E-state index contributed by atoms with van der Waals surface area (Å²) in [6, 6.07) is 5.73. The number of ether oxygens (including phenoxy) is 1. The van der Waals surface area contributed by atoms with Gasteiger partial charge >= 0.3 is 0 Å². The van der Waals surface area contributed by atoms with Crippen molar-refractivity contribution < 1.29 is 14.3 Å². The lowest BCUT2D eigenvalue weighted by molar-refractivity contribution is 0.000890. The van der Waals surface area contributed by atoms with Crippen LogP contribution in [0.1, 0.15) is 55.8 Å². The lowest BCUT2D eigenvalue weighted by Crippen LogP contribution is -2.39. The predicted octanol–water partition coefficient (Wildman–Crippen LogP) is 2.92. The van der Waals surface area contributed by atoms with E-state index >= 15 is 0 Å². The first kappa shape index (κ1) is 15.5. The summed E-state index contributed by atoms with van der Waals surface area (Å²) in [6.07, 6.45) is 6.40. The second-order valence-electron chi connectivity index (χ2n) is 6.21. The van der Waals surface area contributed by atoms with Crippen LogP contribution in [0.15, 0.2) is 30.6 Å². The molecule has 0 aromatic carbocycles. The Bertz CT molecular complexity index is 772. The average Bonchev–Trinajstić information content (AvgIpc) is 3.18. The average molecular weight is 342 g/mol. The SMILES string of the molecule is O=C(NC1CCOC(c2ccncc2)C1)c1cc2c(s1)CCC2=O. The number of nitrogens with one attached hydrogen (secondary N) is 1. The summed E-state index contributed by atoms with van der Waals surface area (Å²) in [5.74, 6) is 0.0756. The van der Waals surface area contributed by atoms with Crippen molar-refractivity contribution in [1.82, 2.24) is 10.3 Å². The maximum Gasteiger partial charge on any atom is 0.261 e. The molecular weight excluding hydrogens is 324 g/mol. The smallest absolute Gasteiger partial charge is 0.261 e. The fraction of sp³-hybridized carbons (Fsp3) is 0.389. The molecule has 1 N–H and O–H groups in total. The highest BCUT2D eigenvalue weighted by Gasteiger charge is 2.28. The number of aromatic nitrogens is 1. The van der Waals surface area contributed by atoms with Crippen molar-refractivity contribution in [3.05, 3.63) is 51.5 Å². The molecule has 2 unspecified atom stereocenters. The molecule has 2 atom stereocenters. The standard InChI is InChI=1S/C18H18N2O3S/c21-14-1-2-16-13(14)10-17(24-16)18(22)20-12-5-8-23-15(9-12)11-3-6-19-7-4-11/h3-4,6-7,10,12,15H,1-2,5,8-9H2,(H,20,22). The van der Waals surface area contributed by atoms with Gasteiger partial charge in [0.15, 0.2) is 5.78 Å². The Balaban J connectivity index is 1.42. The van der Waals surface area contributed by atoms with Crippen LogP contribution in [0.4, 0.5) is 0 Å². The van der Waals surface area contributed by atoms with Crippen LogP contribution in [0, 0.1) is 0 Å². The number of hydrogen-bond acceptors (Lipinski definition) is 5. The number of carbonyl (C=O) groups is 2. The highest BCUT2D eigenvalue weighted by atomic mass is 32.1. The highest BCUT2D eigenvalue weighted by molar-refractivity contribution is 7.14. The Morgan fingerprint density at radius 3 is 2.92 bits per heavy atom. The molecule has 2 aliphatic rings. The zero-order valence-electron chi connectivity index (χ0n) is 13.2. The van der Waals surface area contributed by atoms with Crippen LogP contribution in [-0.4, -0.2) is 29.3 Å². The third-order valence-electron chi connectivity index (χ3n) is 4.61. The highest BCUT2D eigenvalue weighted by Crippen LogP contribution is 2.31. The van der Waals surface area contributed by atoms with Crippen molar-refractivity contribution in [2.45, 2.75) is 37.8 Å². The van der Waals surface area contributed by atoms with Crippen molar-refractivity contribution in [3.8, 4) is 0 Å². The molecule has 1 aliphatic heterocycles. The molecule has 4 rings (SSSR count). The first-order valence-corrected chi connectivity index (χ1v) is 9.00. The van der Waals surface area contributed by atoms with Gasteiger partial charge in [0.05, 0.1) is 11.0 Å². The monoisotopic (exact) mass is 342 g/mol. The number of pyridine rings is 1. The molecule has 124 valence electrons. The van der Waals surface area contributed by atoms with E-state index in [0.29, 0.717) is 17.9 Å². The molecule has 2 aromatic heterocycles. The van der Waals surface area contributed by atoms with Crippen molar-refractivity contribution >= 4 is 23.0 Å². The Kier molecular flexibility index (Phi) is 4.16. The maximum atomic E-state index is 12.5. The normalized spacial score (nSPS) is 23.1. The van der Waals surface area contributed by atoms with Crippen molar-refractivity contribution in [3.63, 3.8) is 0 Å². The Morgan fingerprint density at radius 1 is 1.29 bits per heavy atom. The molecule has 1 aliphatic carbocycles. The number of aryl methyl sites for hydroxylation is 1. The molecule has 0 radical (unpaired) electrons. The van der Waals surface area contributed by atoms with E-state index in [1.807, 2.05) is 12.1 Å². The topological polar surface area (TPSA) is 68.3 Å². The fourth-order valence-corrected chi connectivity index (χ4v) is 4.40. The summed E-state index contributed by atoms with van der Waals surface area (Å²) in [7, 11) is 0. The molecule has 0 bridgehead atoms. The summed E-state index contributed by atoms with van der Waals surface area (Å²) < 4.78 is 5.82. The van der Waals surface area contributed by atoms with Crippen molar-refractivity contribution in [2.24, 2.45) is 0 Å². The number of ketones is 1. The number of rotatable bonds is 3. The number of Topliss-reactive ketones (excluding diaryl/α,β-unsaturated/α-hetero) is 1. The lowest BCUT2D eigenvalue weighted by atomic mass is 9.98. The van der Waals surface area contributed by atoms with Crippen LogP contribution in [0.3, 0.4) is 0 Å². The lowest BCUT2D eigenvalue weighted by Gasteiger charge is -2.30. The molecule has 0 spiro atoms. The van der Waals surface area contributed by atoms with E-state index in [1.54, 1.807) is 18.5 Å². The first-order chi connectivity index (χ1) is 11.7.